The Bertz CT molecular complexity index is 1090. The topological polar surface area (TPSA) is 26.2 Å². The molecule has 2 unspecified atom stereocenters. The maximum atomic E-state index is 13.7. The van der Waals surface area contributed by atoms with Crippen LogP contribution >= 0.6 is 0 Å². The summed E-state index contributed by atoms with van der Waals surface area (Å²) in [5.74, 6) is 0.260. The van der Waals surface area contributed by atoms with E-state index in [9.17, 15) is 4.39 Å². The molecule has 2 atom stereocenters. The summed E-state index contributed by atoms with van der Waals surface area (Å²) in [5.41, 5.74) is 6.56. The Balaban J connectivity index is 0.00000270. The summed E-state index contributed by atoms with van der Waals surface area (Å²) in [4.78, 5) is 0. The molecule has 0 aliphatic rings. The van der Waals surface area contributed by atoms with Crippen molar-refractivity contribution in [2.24, 2.45) is 5.92 Å². The third kappa shape index (κ3) is 16.3. The van der Waals surface area contributed by atoms with Gasteiger partial charge in [-0.2, -0.15) is 0 Å². The molecular weight excluding hydrogens is 724 g/mol. The summed E-state index contributed by atoms with van der Waals surface area (Å²) in [5, 5.41) is 3.48. The van der Waals surface area contributed by atoms with Crippen molar-refractivity contribution < 1.29 is 9.13 Å². The first-order valence-electron chi connectivity index (χ1n) is 16.1. The maximum absolute atomic E-state index is 13.7. The molecule has 5 heteroatoms. The van der Waals surface area contributed by atoms with Crippen LogP contribution in [0.4, 0.5) is 4.39 Å². The van der Waals surface area contributed by atoms with E-state index in [-0.39, 0.29) is 17.5 Å². The van der Waals surface area contributed by atoms with E-state index in [0.29, 0.717) is 12.0 Å². The second-order valence-electron chi connectivity index (χ2n) is 12.6. The van der Waals surface area contributed by atoms with Crippen LogP contribution in [0, 0.1) is 11.7 Å². The van der Waals surface area contributed by atoms with Gasteiger partial charge in [-0.1, -0.05) is 57.7 Å². The van der Waals surface area contributed by atoms with Crippen LogP contribution in [-0.2, 0) is 11.2 Å². The summed E-state index contributed by atoms with van der Waals surface area (Å²) in [6, 6.07) is 7.20. The molecule has 2 aromatic rings. The molecule has 0 radical (unpaired) electrons. The molecule has 0 saturated heterocycles. The number of aromatic nitrogens is 1. The molecule has 3 nitrogen and oxygen atoms in total. The van der Waals surface area contributed by atoms with Gasteiger partial charge < -0.3 is 14.6 Å². The van der Waals surface area contributed by atoms with Crippen LogP contribution in [0.15, 0.2) is 61.5 Å². The van der Waals surface area contributed by atoms with Gasteiger partial charge in [0.25, 0.3) is 0 Å². The van der Waals surface area contributed by atoms with Gasteiger partial charge in [-0.05, 0) is 110 Å². The Hall–Kier alpha value is -1.67. The number of hydrogen-bond acceptors (Lipinski definition) is 2. The van der Waals surface area contributed by atoms with E-state index < -0.39 is 0 Å². The average Bonchev–Trinajstić information content (AvgIpc) is 3.33. The summed E-state index contributed by atoms with van der Waals surface area (Å²) in [6.07, 6.45) is 12.5. The van der Waals surface area contributed by atoms with E-state index in [1.54, 1.807) is 12.1 Å². The van der Waals surface area contributed by atoms with E-state index in [0.717, 1.165) is 61.0 Å². The van der Waals surface area contributed by atoms with Crippen LogP contribution in [0.3, 0.4) is 0 Å². The standard InChI is InChI=1S/C33H51FN2O.C4H8.CH3.Tl/c1-11-12-19-35-26(7)21-29(37-33(8,9)10)20-25(6)13-18-31-32(27-14-16-28(34)17-15-27)30(23(2)3)22-36(31)24(4)5;1-3-4-2;;/h14-17,22,24-25,29,35H,2,7,11-13,18-21H2,1,3-6,8-10H3;3-4H,1-2H3;1H3;/b;4-3-;;. The van der Waals surface area contributed by atoms with Gasteiger partial charge in [0.1, 0.15) is 5.82 Å². The fourth-order valence-corrected chi connectivity index (χ4v) is 4.95. The zero-order valence-corrected chi connectivity index (χ0v) is 33.9. The van der Waals surface area contributed by atoms with Crippen LogP contribution in [0.2, 0.25) is 4.48 Å². The number of nitrogens with zero attached hydrogens (tertiary/aromatic N) is 1. The molecule has 1 aromatic heterocycles. The molecule has 1 heterocycles. The normalized spacial score (nSPS) is 12.7. The molecule has 0 saturated carbocycles. The van der Waals surface area contributed by atoms with Crippen LogP contribution in [-0.4, -0.2) is 48.6 Å². The first kappa shape index (κ1) is 41.3. The zero-order chi connectivity index (χ0) is 33.2. The van der Waals surface area contributed by atoms with Crippen LogP contribution in [0.1, 0.15) is 119 Å². The van der Waals surface area contributed by atoms with Gasteiger partial charge in [-0.25, -0.2) is 4.39 Å². The monoisotopic (exact) mass is 786 g/mol. The van der Waals surface area contributed by atoms with Crippen molar-refractivity contribution in [1.29, 1.82) is 0 Å². The van der Waals surface area contributed by atoms with E-state index in [1.165, 1.54) is 43.4 Å². The fourth-order valence-electron chi connectivity index (χ4n) is 4.95. The first-order chi connectivity index (χ1) is 20.2. The van der Waals surface area contributed by atoms with Crippen molar-refractivity contribution in [3.63, 3.8) is 0 Å². The zero-order valence-electron chi connectivity index (χ0n) is 29.4. The Labute approximate surface area is 281 Å². The van der Waals surface area contributed by atoms with Gasteiger partial charge in [-0.3, -0.25) is 0 Å². The molecule has 0 aliphatic carbocycles. The number of hydrogen-bond donors (Lipinski definition) is 1. The Morgan fingerprint density at radius 2 is 1.65 bits per heavy atom. The number of ether oxygens (including phenoxy) is 1. The molecule has 0 bridgehead atoms. The molecule has 0 spiro atoms. The summed E-state index contributed by atoms with van der Waals surface area (Å²) < 4.78 is 24.7. The van der Waals surface area contributed by atoms with Crippen molar-refractivity contribution in [2.75, 3.05) is 6.54 Å². The second kappa shape index (κ2) is 21.9. The molecular formula is C38H62FN2OTl. The SMILES string of the molecule is C/C=C\C.C=C(CC(CC(C)CCc1c(-c2ccc(F)cc2)c(C(=C)C)cn1C(C)C)OC(C)(C)C)NCCCC.[CH3][Tl]. The number of rotatable bonds is 15. The molecule has 2 rings (SSSR count). The van der Waals surface area contributed by atoms with Gasteiger partial charge in [0.2, 0.25) is 0 Å². The molecule has 1 N–H and O–H groups in total. The number of nitrogens with one attached hydrogen (secondary N) is 1. The first-order valence-corrected chi connectivity index (χ1v) is 20.6. The second-order valence-corrected chi connectivity index (χ2v) is 12.6. The van der Waals surface area contributed by atoms with E-state index in [1.807, 2.05) is 38.1 Å². The molecule has 43 heavy (non-hydrogen) atoms. The third-order valence-corrected chi connectivity index (χ3v) is 7.06. The van der Waals surface area contributed by atoms with Gasteiger partial charge in [0, 0.05) is 47.7 Å². The van der Waals surface area contributed by atoms with Crippen molar-refractivity contribution in [3.8, 4) is 11.1 Å². The van der Waals surface area contributed by atoms with Crippen LogP contribution in [0.5, 0.6) is 0 Å². The predicted molar refractivity (Wildman–Crippen MR) is 190 cm³/mol. The van der Waals surface area contributed by atoms with Crippen LogP contribution in [0.25, 0.3) is 16.7 Å². The van der Waals surface area contributed by atoms with Gasteiger partial charge in [0.15, 0.2) is 0 Å². The summed E-state index contributed by atoms with van der Waals surface area (Å²) in [7, 11) is 0. The van der Waals surface area contributed by atoms with Crippen molar-refractivity contribution in [3.05, 3.63) is 78.5 Å². The fraction of sp³-hybridized carbons (Fsp3) is 0.579. The molecule has 0 fully saturated rings. The number of benzene rings is 1. The number of allylic oxidation sites excluding steroid dienone is 3. The van der Waals surface area contributed by atoms with Crippen molar-refractivity contribution >= 4 is 31.3 Å². The van der Waals surface area contributed by atoms with E-state index in [2.05, 4.69) is 89.1 Å². The summed E-state index contributed by atoms with van der Waals surface area (Å²) >= 11 is 1.17. The average molecular weight is 786 g/mol. The van der Waals surface area contributed by atoms with Crippen molar-refractivity contribution in [2.45, 2.75) is 130 Å². The van der Waals surface area contributed by atoms with E-state index in [4.69, 9.17) is 4.74 Å². The molecule has 1 aromatic carbocycles. The quantitative estimate of drug-likeness (QED) is 0.111. The van der Waals surface area contributed by atoms with Gasteiger partial charge in [0.05, 0.1) is 11.7 Å². The van der Waals surface area contributed by atoms with Crippen LogP contribution < -0.4 is 5.32 Å². The predicted octanol–water partition coefficient (Wildman–Crippen LogP) is 11.1. The third-order valence-electron chi connectivity index (χ3n) is 7.06. The number of unbranched alkanes of at least 4 members (excludes halogenated alkanes) is 1. The minimum atomic E-state index is -0.213. The Morgan fingerprint density at radius 3 is 2.12 bits per heavy atom. The van der Waals surface area contributed by atoms with Gasteiger partial charge >= 0.3 is 30.3 Å². The molecule has 0 aliphatic heterocycles. The van der Waals surface area contributed by atoms with E-state index >= 15 is 0 Å². The minimum absolute atomic E-state index is 0.121. The summed E-state index contributed by atoms with van der Waals surface area (Å²) in [6.45, 7) is 30.9. The van der Waals surface area contributed by atoms with Crippen molar-refractivity contribution in [1.82, 2.24) is 9.88 Å². The number of halogens is 1. The molecule has 240 valence electrons. The Morgan fingerprint density at radius 1 is 1.07 bits per heavy atom. The van der Waals surface area contributed by atoms with Gasteiger partial charge in [-0.15, -0.1) is 0 Å². The Kier molecular flexibility index (Phi) is 21.1. The molecule has 0 amide bonds.